The molecule has 1 rings (SSSR count). The molecule has 1 nitrogen and oxygen atoms in total. The molecule has 66 valence electrons. The third kappa shape index (κ3) is 2.50. The second kappa shape index (κ2) is 4.48. The quantitative estimate of drug-likeness (QED) is 0.717. The van der Waals surface area contributed by atoms with Crippen molar-refractivity contribution in [1.82, 2.24) is 0 Å². The fraction of sp³-hybridized carbons (Fsp3) is 0.400. The van der Waals surface area contributed by atoms with Crippen molar-refractivity contribution in [2.45, 2.75) is 19.4 Å². The van der Waals surface area contributed by atoms with E-state index in [-0.39, 0.29) is 0 Å². The lowest BCUT2D eigenvalue weighted by Crippen LogP contribution is -1.97. The molecule has 0 aliphatic heterocycles. The average Bonchev–Trinajstić information content (AvgIpc) is 2.05. The van der Waals surface area contributed by atoms with Crippen LogP contribution >= 0.6 is 11.6 Å². The average molecular weight is 185 g/mol. The Bertz CT molecular complexity index is 247. The lowest BCUT2D eigenvalue weighted by atomic mass is 10.1. The van der Waals surface area contributed by atoms with Gasteiger partial charge in [-0.25, -0.2) is 0 Å². The molecule has 0 saturated heterocycles. The minimum atomic E-state index is -0.414. The number of aliphatic hydroxyl groups is 1. The first-order valence-electron chi connectivity index (χ1n) is 4.04. The van der Waals surface area contributed by atoms with Crippen LogP contribution in [0.2, 0.25) is 0 Å². The van der Waals surface area contributed by atoms with Gasteiger partial charge in [0.05, 0.1) is 6.10 Å². The molecule has 2 heteroatoms. The summed E-state index contributed by atoms with van der Waals surface area (Å²) in [6.07, 6.45) is 0.202. The second-order valence-corrected chi connectivity index (χ2v) is 3.29. The minimum Gasteiger partial charge on any atom is -0.388 e. The number of alkyl halides is 1. The van der Waals surface area contributed by atoms with E-state index in [1.807, 2.05) is 31.2 Å². The molecule has 1 aromatic carbocycles. The van der Waals surface area contributed by atoms with Crippen molar-refractivity contribution in [3.05, 3.63) is 35.4 Å². The number of aryl methyl sites for hydroxylation is 1. The Morgan fingerprint density at radius 2 is 2.25 bits per heavy atom. The van der Waals surface area contributed by atoms with Gasteiger partial charge < -0.3 is 5.11 Å². The van der Waals surface area contributed by atoms with Crippen molar-refractivity contribution in [3.8, 4) is 0 Å². The standard InChI is InChI=1S/C10H13ClO/c1-8-3-2-4-9(7-8)10(12)5-6-11/h2-4,7,10,12H,5-6H2,1H3/t10-/m0/s1. The van der Waals surface area contributed by atoms with E-state index in [9.17, 15) is 5.11 Å². The summed E-state index contributed by atoms with van der Waals surface area (Å²) in [6.45, 7) is 2.01. The molecule has 0 bridgehead atoms. The molecule has 12 heavy (non-hydrogen) atoms. The van der Waals surface area contributed by atoms with Crippen LogP contribution in [-0.4, -0.2) is 11.0 Å². The van der Waals surface area contributed by atoms with Gasteiger partial charge in [-0.05, 0) is 18.9 Å². The molecule has 0 saturated carbocycles. The zero-order valence-electron chi connectivity index (χ0n) is 7.13. The van der Waals surface area contributed by atoms with Gasteiger partial charge in [0.1, 0.15) is 0 Å². The number of benzene rings is 1. The Labute approximate surface area is 78.0 Å². The van der Waals surface area contributed by atoms with E-state index in [1.165, 1.54) is 5.56 Å². The van der Waals surface area contributed by atoms with E-state index in [0.29, 0.717) is 12.3 Å². The van der Waals surface area contributed by atoms with Crippen LogP contribution in [0.1, 0.15) is 23.7 Å². The highest BCUT2D eigenvalue weighted by Gasteiger charge is 2.05. The summed E-state index contributed by atoms with van der Waals surface area (Å²) in [7, 11) is 0. The second-order valence-electron chi connectivity index (χ2n) is 2.91. The van der Waals surface area contributed by atoms with Crippen molar-refractivity contribution >= 4 is 11.6 Å². The third-order valence-electron chi connectivity index (χ3n) is 1.81. The molecule has 1 aromatic rings. The van der Waals surface area contributed by atoms with Gasteiger partial charge in [-0.3, -0.25) is 0 Å². The van der Waals surface area contributed by atoms with Gasteiger partial charge in [-0.1, -0.05) is 29.8 Å². The lowest BCUT2D eigenvalue weighted by Gasteiger charge is -2.08. The van der Waals surface area contributed by atoms with Gasteiger partial charge in [0.15, 0.2) is 0 Å². The van der Waals surface area contributed by atoms with Gasteiger partial charge in [0.25, 0.3) is 0 Å². The van der Waals surface area contributed by atoms with Crippen LogP contribution in [0.15, 0.2) is 24.3 Å². The maximum atomic E-state index is 9.56. The molecule has 0 amide bonds. The molecular formula is C10H13ClO. The third-order valence-corrected chi connectivity index (χ3v) is 2.03. The predicted molar refractivity (Wildman–Crippen MR) is 51.5 cm³/mol. The lowest BCUT2D eigenvalue weighted by molar-refractivity contribution is 0.174. The maximum absolute atomic E-state index is 9.56. The van der Waals surface area contributed by atoms with Crippen LogP contribution in [0, 0.1) is 6.92 Å². The van der Waals surface area contributed by atoms with E-state index < -0.39 is 6.10 Å². The van der Waals surface area contributed by atoms with Crippen LogP contribution in [-0.2, 0) is 0 Å². The molecule has 0 heterocycles. The Balaban J connectivity index is 2.73. The predicted octanol–water partition coefficient (Wildman–Crippen LogP) is 2.66. The zero-order valence-corrected chi connectivity index (χ0v) is 7.88. The van der Waals surface area contributed by atoms with Crippen LogP contribution < -0.4 is 0 Å². The van der Waals surface area contributed by atoms with Crippen molar-refractivity contribution in [1.29, 1.82) is 0 Å². The Morgan fingerprint density at radius 1 is 1.50 bits per heavy atom. The molecule has 1 N–H and O–H groups in total. The smallest absolute Gasteiger partial charge is 0.0801 e. The monoisotopic (exact) mass is 184 g/mol. The van der Waals surface area contributed by atoms with Crippen LogP contribution in [0.5, 0.6) is 0 Å². The first-order valence-corrected chi connectivity index (χ1v) is 4.58. The van der Waals surface area contributed by atoms with E-state index >= 15 is 0 Å². The topological polar surface area (TPSA) is 20.2 Å². The van der Waals surface area contributed by atoms with Crippen LogP contribution in [0.25, 0.3) is 0 Å². The highest BCUT2D eigenvalue weighted by Crippen LogP contribution is 2.17. The molecule has 0 fully saturated rings. The van der Waals surface area contributed by atoms with Crippen LogP contribution in [0.3, 0.4) is 0 Å². The highest BCUT2D eigenvalue weighted by molar-refractivity contribution is 6.17. The fourth-order valence-electron chi connectivity index (χ4n) is 1.15. The minimum absolute atomic E-state index is 0.414. The summed E-state index contributed by atoms with van der Waals surface area (Å²) in [5, 5.41) is 9.56. The summed E-state index contributed by atoms with van der Waals surface area (Å²) in [6, 6.07) is 7.86. The Kier molecular flexibility index (Phi) is 3.57. The summed E-state index contributed by atoms with van der Waals surface area (Å²) in [5.74, 6) is 0.495. The number of rotatable bonds is 3. The molecular weight excluding hydrogens is 172 g/mol. The number of hydrogen-bond acceptors (Lipinski definition) is 1. The van der Waals surface area contributed by atoms with Gasteiger partial charge in [0, 0.05) is 5.88 Å². The van der Waals surface area contributed by atoms with Crippen molar-refractivity contribution in [3.63, 3.8) is 0 Å². The first kappa shape index (κ1) is 9.56. The maximum Gasteiger partial charge on any atom is 0.0801 e. The molecule has 0 spiro atoms. The summed E-state index contributed by atoms with van der Waals surface area (Å²) < 4.78 is 0. The normalized spacial score (nSPS) is 12.9. The molecule has 0 aliphatic carbocycles. The van der Waals surface area contributed by atoms with E-state index in [4.69, 9.17) is 11.6 Å². The van der Waals surface area contributed by atoms with Crippen molar-refractivity contribution < 1.29 is 5.11 Å². The van der Waals surface area contributed by atoms with E-state index in [2.05, 4.69) is 0 Å². The Hall–Kier alpha value is -0.530. The summed E-state index contributed by atoms with van der Waals surface area (Å²) >= 11 is 5.53. The SMILES string of the molecule is Cc1cccc([C@@H](O)CCCl)c1. The van der Waals surface area contributed by atoms with Gasteiger partial charge in [-0.2, -0.15) is 0 Å². The largest absolute Gasteiger partial charge is 0.388 e. The van der Waals surface area contributed by atoms with Crippen molar-refractivity contribution in [2.75, 3.05) is 5.88 Å². The molecule has 0 radical (unpaired) electrons. The fourth-order valence-corrected chi connectivity index (χ4v) is 1.35. The van der Waals surface area contributed by atoms with Crippen molar-refractivity contribution in [2.24, 2.45) is 0 Å². The number of aliphatic hydroxyl groups excluding tert-OH is 1. The molecule has 0 aliphatic rings. The van der Waals surface area contributed by atoms with E-state index in [0.717, 1.165) is 5.56 Å². The van der Waals surface area contributed by atoms with Crippen LogP contribution in [0.4, 0.5) is 0 Å². The van der Waals surface area contributed by atoms with Gasteiger partial charge in [0.2, 0.25) is 0 Å². The number of hydrogen-bond donors (Lipinski definition) is 1. The highest BCUT2D eigenvalue weighted by atomic mass is 35.5. The van der Waals surface area contributed by atoms with Gasteiger partial charge in [-0.15, -0.1) is 11.6 Å². The van der Waals surface area contributed by atoms with E-state index in [1.54, 1.807) is 0 Å². The molecule has 0 aromatic heterocycles. The molecule has 1 atom stereocenters. The molecule has 0 unspecified atom stereocenters. The Morgan fingerprint density at radius 3 is 2.83 bits per heavy atom. The van der Waals surface area contributed by atoms with Gasteiger partial charge >= 0.3 is 0 Å². The zero-order chi connectivity index (χ0) is 8.97. The summed E-state index contributed by atoms with van der Waals surface area (Å²) in [5.41, 5.74) is 2.12. The first-order chi connectivity index (χ1) is 5.74. The number of halogens is 1. The summed E-state index contributed by atoms with van der Waals surface area (Å²) in [4.78, 5) is 0.